The molecule has 2 saturated heterocycles. The van der Waals surface area contributed by atoms with Crippen molar-refractivity contribution in [1.82, 2.24) is 19.1 Å². The number of Topliss-reactive ketones (excluding diaryl/α,β-unsaturated/α-hetero) is 1. The van der Waals surface area contributed by atoms with Gasteiger partial charge in [0.05, 0.1) is 38.8 Å². The molecule has 3 aromatic carbocycles. The van der Waals surface area contributed by atoms with Gasteiger partial charge >= 0.3 is 19.2 Å². The molecule has 76 heavy (non-hydrogen) atoms. The number of hydrogen-bond acceptors (Lipinski definition) is 16. The number of phosphoric ester groups is 1. The van der Waals surface area contributed by atoms with Crippen LogP contribution in [0.15, 0.2) is 117 Å². The van der Waals surface area contributed by atoms with Crippen LogP contribution in [0.3, 0.4) is 0 Å². The van der Waals surface area contributed by atoms with E-state index in [1.807, 2.05) is 84.9 Å². The highest BCUT2D eigenvalue weighted by molar-refractivity contribution is 8.14. The Kier molecular flexibility index (Phi) is 18.2. The standard InChI is InChI=1S/C54H69N4O15PSSi/c1-34-28-57(50(63)55-48(34)61)46-26-41(43(70-46)30-67-54(37-18-14-12-15-19-37,38-20-16-13-17-21-38)39-22-24-40(66-9)25-23-39)72-74(65,69-33-53(7,8)45(60)32-75-36(3)59)68-31-44-42(73-76(10,11)52(4,5)6)27-47(71-44)58-29-35(2)49(62)56-51(58)64/h12-25,28-29,41-44,46-47H,26-27,30-33H2,1-11H3,(H,55,61,63)(H,56,62,64)/t41-,42-,43+,44+,46+,47+,74?/m0/s1. The number of thioether (sulfide) groups is 1. The first-order valence-electron chi connectivity index (χ1n) is 25.0. The normalized spacial score (nSPS) is 21.1. The Morgan fingerprint density at radius 3 is 1.70 bits per heavy atom. The summed E-state index contributed by atoms with van der Waals surface area (Å²) in [6.45, 7) is 16.7. The van der Waals surface area contributed by atoms with Crippen molar-refractivity contribution in [2.24, 2.45) is 5.41 Å². The smallest absolute Gasteiger partial charge is 0.475 e. The fourth-order valence-electron chi connectivity index (χ4n) is 8.67. The van der Waals surface area contributed by atoms with Gasteiger partial charge in [-0.15, -0.1) is 0 Å². The van der Waals surface area contributed by atoms with Crippen LogP contribution in [-0.2, 0) is 52.0 Å². The number of phosphoric acid groups is 1. The van der Waals surface area contributed by atoms with Crippen LogP contribution in [0.1, 0.15) is 94.7 Å². The zero-order valence-corrected chi connectivity index (χ0v) is 47.5. The Hall–Kier alpha value is -5.32. The minimum Gasteiger partial charge on any atom is -0.497 e. The predicted molar refractivity (Wildman–Crippen MR) is 289 cm³/mol. The van der Waals surface area contributed by atoms with Crippen LogP contribution in [0.2, 0.25) is 18.1 Å². The Morgan fingerprint density at radius 1 is 0.724 bits per heavy atom. The lowest BCUT2D eigenvalue weighted by Gasteiger charge is -2.39. The van der Waals surface area contributed by atoms with Gasteiger partial charge in [0.1, 0.15) is 42.1 Å². The topological polar surface area (TPSA) is 235 Å². The monoisotopic (exact) mass is 1100 g/mol. The minimum absolute atomic E-state index is 0.145. The molecule has 5 aromatic rings. The number of aromatic amines is 2. The van der Waals surface area contributed by atoms with Crippen molar-refractivity contribution in [1.29, 1.82) is 0 Å². The molecular formula is C54H69N4O15PSSi. The summed E-state index contributed by atoms with van der Waals surface area (Å²) in [4.78, 5) is 81.9. The van der Waals surface area contributed by atoms with Crippen LogP contribution in [-0.4, -0.2) is 95.4 Å². The fourth-order valence-corrected chi connectivity index (χ4v) is 12.3. The average Bonchev–Trinajstić information content (AvgIpc) is 3.99. The molecule has 2 aromatic heterocycles. The third-order valence-corrected chi connectivity index (χ3v) is 21.0. The summed E-state index contributed by atoms with van der Waals surface area (Å²) in [7, 11) is -5.91. The number of aryl methyl sites for hydroxylation is 2. The van der Waals surface area contributed by atoms with Crippen LogP contribution >= 0.6 is 19.6 Å². The van der Waals surface area contributed by atoms with Gasteiger partial charge in [-0.3, -0.25) is 51.9 Å². The maximum Gasteiger partial charge on any atom is 0.475 e. The molecule has 4 heterocycles. The van der Waals surface area contributed by atoms with E-state index >= 15 is 4.57 Å². The van der Waals surface area contributed by atoms with Gasteiger partial charge in [0, 0.05) is 48.7 Å². The molecule has 2 aliphatic heterocycles. The van der Waals surface area contributed by atoms with E-state index in [0.29, 0.717) is 5.75 Å². The number of nitrogens with one attached hydrogen (secondary N) is 2. The molecule has 7 atom stereocenters. The molecule has 19 nitrogen and oxygen atoms in total. The minimum atomic E-state index is -4.91. The quantitative estimate of drug-likeness (QED) is 0.0378. The number of nitrogens with zero attached hydrogens (tertiary/aromatic N) is 2. The molecule has 1 unspecified atom stereocenters. The Morgan fingerprint density at radius 2 is 1.21 bits per heavy atom. The van der Waals surface area contributed by atoms with Crippen molar-refractivity contribution in [2.45, 2.75) is 129 Å². The lowest BCUT2D eigenvalue weighted by Crippen LogP contribution is -2.46. The summed E-state index contributed by atoms with van der Waals surface area (Å²) in [6.07, 6.45) is -3.35. The van der Waals surface area contributed by atoms with Crippen molar-refractivity contribution < 1.29 is 51.1 Å². The van der Waals surface area contributed by atoms with Crippen LogP contribution in [0.25, 0.3) is 0 Å². The molecule has 7 rings (SSSR count). The van der Waals surface area contributed by atoms with E-state index in [0.717, 1.165) is 28.5 Å². The molecule has 2 fully saturated rings. The molecule has 0 amide bonds. The Balaban J connectivity index is 1.29. The molecule has 410 valence electrons. The van der Waals surface area contributed by atoms with E-state index in [2.05, 4.69) is 43.8 Å². The zero-order valence-electron chi connectivity index (χ0n) is 44.8. The molecular weight excluding hydrogens is 1040 g/mol. The number of H-pyrrole nitrogens is 2. The third-order valence-electron chi connectivity index (χ3n) is 14.3. The van der Waals surface area contributed by atoms with Gasteiger partial charge in [-0.05, 0) is 60.8 Å². The van der Waals surface area contributed by atoms with Gasteiger partial charge in [0.2, 0.25) is 0 Å². The van der Waals surface area contributed by atoms with Gasteiger partial charge in [-0.1, -0.05) is 119 Å². The van der Waals surface area contributed by atoms with Gasteiger partial charge < -0.3 is 23.4 Å². The second-order valence-corrected chi connectivity index (χ2v) is 28.8. The molecule has 0 aliphatic carbocycles. The van der Waals surface area contributed by atoms with Crippen molar-refractivity contribution in [2.75, 3.05) is 32.7 Å². The molecule has 22 heteroatoms. The van der Waals surface area contributed by atoms with Gasteiger partial charge in [-0.25, -0.2) is 14.2 Å². The van der Waals surface area contributed by atoms with E-state index in [9.17, 15) is 28.8 Å². The summed E-state index contributed by atoms with van der Waals surface area (Å²) < 4.78 is 70.2. The lowest BCUT2D eigenvalue weighted by molar-refractivity contribution is -0.126. The van der Waals surface area contributed by atoms with Gasteiger partial charge in [0.25, 0.3) is 11.1 Å². The summed E-state index contributed by atoms with van der Waals surface area (Å²) in [5.74, 6) is 0.0750. The Bertz CT molecular complexity index is 3100. The van der Waals surface area contributed by atoms with E-state index in [4.69, 9.17) is 36.9 Å². The highest BCUT2D eigenvalue weighted by Crippen LogP contribution is 2.55. The number of carbonyl (C=O) groups excluding carboxylic acids is 2. The van der Waals surface area contributed by atoms with Crippen molar-refractivity contribution in [3.63, 3.8) is 0 Å². The maximum atomic E-state index is 15.7. The number of ether oxygens (including phenoxy) is 4. The first-order chi connectivity index (χ1) is 35.8. The molecule has 2 aliphatic rings. The summed E-state index contributed by atoms with van der Waals surface area (Å²) in [5.41, 5.74) is -2.49. The number of methoxy groups -OCH3 is 1. The molecule has 2 N–H and O–H groups in total. The highest BCUT2D eigenvalue weighted by atomic mass is 32.2. The number of aromatic nitrogens is 4. The number of rotatable bonds is 22. The molecule has 0 saturated carbocycles. The first kappa shape index (κ1) is 58.4. The highest BCUT2D eigenvalue weighted by Gasteiger charge is 2.50. The second kappa shape index (κ2) is 23.7. The van der Waals surface area contributed by atoms with Crippen LogP contribution < -0.4 is 27.2 Å². The second-order valence-electron chi connectivity index (χ2n) is 21.3. The lowest BCUT2D eigenvalue weighted by atomic mass is 9.80. The van der Waals surface area contributed by atoms with Crippen LogP contribution in [0.5, 0.6) is 5.75 Å². The molecule has 0 radical (unpaired) electrons. The Labute approximate surface area is 446 Å². The summed E-state index contributed by atoms with van der Waals surface area (Å²) in [6, 6.07) is 26.6. The van der Waals surface area contributed by atoms with E-state index in [1.54, 1.807) is 34.8 Å². The van der Waals surface area contributed by atoms with Gasteiger partial charge in [0.15, 0.2) is 19.2 Å². The SMILES string of the molecule is COc1ccc(C(OC[C@H]2O[C@@H](n3cc(C)c(=O)[nH]c3=O)C[C@@H]2OP(=O)(OC[C@H]2O[C@@H](n3cc(C)c(=O)[nH]c3=O)C[C@@H]2O[Si](C)(C)C(C)(C)C)OCC(C)(C)C(=O)CSC(C)=O)(c2ccccc2)c2ccccc2)cc1. The maximum absolute atomic E-state index is 15.7. The number of hydrogen-bond donors (Lipinski definition) is 2. The predicted octanol–water partition coefficient (Wildman–Crippen LogP) is 8.09. The van der Waals surface area contributed by atoms with E-state index in [-0.39, 0.29) is 52.3 Å². The first-order valence-corrected chi connectivity index (χ1v) is 30.4. The van der Waals surface area contributed by atoms with Crippen LogP contribution in [0.4, 0.5) is 0 Å². The molecule has 0 spiro atoms. The van der Waals surface area contributed by atoms with Crippen LogP contribution in [0, 0.1) is 19.3 Å². The van der Waals surface area contributed by atoms with Crippen molar-refractivity contribution >= 4 is 38.8 Å². The largest absolute Gasteiger partial charge is 0.497 e. The van der Waals surface area contributed by atoms with Crippen molar-refractivity contribution in [3.8, 4) is 5.75 Å². The zero-order chi connectivity index (χ0) is 55.4. The average molecular weight is 1110 g/mol. The third kappa shape index (κ3) is 13.3. The summed E-state index contributed by atoms with van der Waals surface area (Å²) in [5, 5.41) is -0.529. The van der Waals surface area contributed by atoms with E-state index in [1.165, 1.54) is 28.5 Å². The summed E-state index contributed by atoms with van der Waals surface area (Å²) >= 11 is 0.832. The van der Waals surface area contributed by atoms with E-state index < -0.39 is 99.7 Å². The fraction of sp³-hybridized carbons (Fsp3) is 0.481. The number of ketones is 1. The number of benzene rings is 3. The molecule has 0 bridgehead atoms. The number of carbonyl (C=O) groups is 2. The van der Waals surface area contributed by atoms with Gasteiger partial charge in [-0.2, -0.15) is 0 Å². The van der Waals surface area contributed by atoms with Crippen molar-refractivity contribution in [3.05, 3.63) is 167 Å².